The van der Waals surface area contributed by atoms with Gasteiger partial charge in [0.15, 0.2) is 0 Å². The Labute approximate surface area is 118 Å². The zero-order valence-corrected chi connectivity index (χ0v) is 12.8. The van der Waals surface area contributed by atoms with Gasteiger partial charge in [0, 0.05) is 18.6 Å². The number of rotatable bonds is 4. The van der Waals surface area contributed by atoms with Gasteiger partial charge >= 0.3 is 0 Å². The van der Waals surface area contributed by atoms with E-state index < -0.39 is 0 Å². The predicted octanol–water partition coefficient (Wildman–Crippen LogP) is 3.51. The first-order valence-electron chi connectivity index (χ1n) is 7.49. The molecule has 0 spiro atoms. The SMILES string of the molecule is CCC(N)C(c1cccc(C)c1)N1CCC(C)(C)C1. The highest BCUT2D eigenvalue weighted by Crippen LogP contribution is 2.36. The first-order valence-corrected chi connectivity index (χ1v) is 7.49. The van der Waals surface area contributed by atoms with Crippen LogP contribution in [0.4, 0.5) is 0 Å². The van der Waals surface area contributed by atoms with Crippen LogP contribution >= 0.6 is 0 Å². The van der Waals surface area contributed by atoms with Crippen LogP contribution in [-0.2, 0) is 0 Å². The molecule has 0 aliphatic carbocycles. The molecule has 19 heavy (non-hydrogen) atoms. The third kappa shape index (κ3) is 3.37. The minimum Gasteiger partial charge on any atom is -0.326 e. The Balaban J connectivity index is 2.27. The summed E-state index contributed by atoms with van der Waals surface area (Å²) in [6.45, 7) is 11.4. The van der Waals surface area contributed by atoms with Crippen molar-refractivity contribution < 1.29 is 0 Å². The summed E-state index contributed by atoms with van der Waals surface area (Å²) >= 11 is 0. The van der Waals surface area contributed by atoms with Gasteiger partial charge in [0.05, 0.1) is 0 Å². The summed E-state index contributed by atoms with van der Waals surface area (Å²) in [5, 5.41) is 0. The van der Waals surface area contributed by atoms with Gasteiger partial charge in [-0.25, -0.2) is 0 Å². The van der Waals surface area contributed by atoms with Crippen molar-refractivity contribution in [3.63, 3.8) is 0 Å². The minimum absolute atomic E-state index is 0.218. The lowest BCUT2D eigenvalue weighted by molar-refractivity contribution is 0.189. The molecule has 1 saturated heterocycles. The van der Waals surface area contributed by atoms with Gasteiger partial charge in [-0.05, 0) is 37.3 Å². The molecular weight excluding hydrogens is 232 g/mol. The summed E-state index contributed by atoms with van der Waals surface area (Å²) in [6, 6.07) is 9.43. The lowest BCUT2D eigenvalue weighted by Crippen LogP contribution is -2.40. The molecule has 1 aliphatic rings. The van der Waals surface area contributed by atoms with E-state index in [9.17, 15) is 0 Å². The molecule has 0 radical (unpaired) electrons. The molecule has 106 valence electrons. The highest BCUT2D eigenvalue weighted by atomic mass is 15.2. The maximum Gasteiger partial charge on any atom is 0.0499 e. The average Bonchev–Trinajstić information content (AvgIpc) is 2.69. The fourth-order valence-corrected chi connectivity index (χ4v) is 3.20. The van der Waals surface area contributed by atoms with Crippen LogP contribution in [0.15, 0.2) is 24.3 Å². The molecule has 1 aliphatic heterocycles. The van der Waals surface area contributed by atoms with Gasteiger partial charge < -0.3 is 5.73 Å². The molecule has 1 fully saturated rings. The van der Waals surface area contributed by atoms with Crippen molar-refractivity contribution >= 4 is 0 Å². The van der Waals surface area contributed by atoms with E-state index in [4.69, 9.17) is 5.73 Å². The summed E-state index contributed by atoms with van der Waals surface area (Å²) in [6.07, 6.45) is 2.29. The topological polar surface area (TPSA) is 29.3 Å². The number of nitrogens with zero attached hydrogens (tertiary/aromatic N) is 1. The molecular formula is C17H28N2. The van der Waals surface area contributed by atoms with E-state index in [1.54, 1.807) is 0 Å². The van der Waals surface area contributed by atoms with Gasteiger partial charge in [0.1, 0.15) is 0 Å². The van der Waals surface area contributed by atoms with Gasteiger partial charge in [-0.2, -0.15) is 0 Å². The molecule has 1 aromatic carbocycles. The third-order valence-corrected chi connectivity index (χ3v) is 4.36. The van der Waals surface area contributed by atoms with Gasteiger partial charge in [0.2, 0.25) is 0 Å². The molecule has 2 unspecified atom stereocenters. The molecule has 1 heterocycles. The lowest BCUT2D eigenvalue weighted by Gasteiger charge is -2.33. The van der Waals surface area contributed by atoms with Crippen LogP contribution in [0, 0.1) is 12.3 Å². The Hall–Kier alpha value is -0.860. The Morgan fingerprint density at radius 3 is 2.63 bits per heavy atom. The number of likely N-dealkylation sites (tertiary alicyclic amines) is 1. The van der Waals surface area contributed by atoms with Crippen molar-refractivity contribution in [2.75, 3.05) is 13.1 Å². The summed E-state index contributed by atoms with van der Waals surface area (Å²) < 4.78 is 0. The van der Waals surface area contributed by atoms with Gasteiger partial charge in [0.25, 0.3) is 0 Å². The van der Waals surface area contributed by atoms with Crippen LogP contribution in [0.1, 0.15) is 50.8 Å². The molecule has 2 N–H and O–H groups in total. The summed E-state index contributed by atoms with van der Waals surface area (Å²) in [7, 11) is 0. The van der Waals surface area contributed by atoms with E-state index in [2.05, 4.69) is 56.9 Å². The minimum atomic E-state index is 0.218. The second kappa shape index (κ2) is 5.64. The molecule has 1 aromatic rings. The zero-order valence-electron chi connectivity index (χ0n) is 12.8. The Bertz CT molecular complexity index is 425. The van der Waals surface area contributed by atoms with Crippen LogP contribution < -0.4 is 5.73 Å². The highest BCUT2D eigenvalue weighted by Gasteiger charge is 2.35. The number of hydrogen-bond acceptors (Lipinski definition) is 2. The van der Waals surface area contributed by atoms with E-state index in [1.165, 1.54) is 24.1 Å². The molecule has 0 aromatic heterocycles. The summed E-state index contributed by atoms with van der Waals surface area (Å²) in [5.74, 6) is 0. The first-order chi connectivity index (χ1) is 8.93. The summed E-state index contributed by atoms with van der Waals surface area (Å²) in [5.41, 5.74) is 9.56. The van der Waals surface area contributed by atoms with Crippen molar-refractivity contribution in [3.05, 3.63) is 35.4 Å². The van der Waals surface area contributed by atoms with E-state index in [0.717, 1.165) is 13.0 Å². The van der Waals surface area contributed by atoms with Crippen molar-refractivity contribution in [2.24, 2.45) is 11.1 Å². The molecule has 2 rings (SSSR count). The third-order valence-electron chi connectivity index (χ3n) is 4.36. The molecule has 0 bridgehead atoms. The quantitative estimate of drug-likeness (QED) is 0.897. The smallest absolute Gasteiger partial charge is 0.0499 e. The number of aryl methyl sites for hydroxylation is 1. The molecule has 2 heteroatoms. The van der Waals surface area contributed by atoms with E-state index in [-0.39, 0.29) is 6.04 Å². The van der Waals surface area contributed by atoms with Crippen LogP contribution in [0.2, 0.25) is 0 Å². The fourth-order valence-electron chi connectivity index (χ4n) is 3.20. The van der Waals surface area contributed by atoms with Crippen LogP contribution in [-0.4, -0.2) is 24.0 Å². The number of benzene rings is 1. The van der Waals surface area contributed by atoms with Crippen LogP contribution in [0.3, 0.4) is 0 Å². The fraction of sp³-hybridized carbons (Fsp3) is 0.647. The second-order valence-corrected chi connectivity index (χ2v) is 6.82. The van der Waals surface area contributed by atoms with Crippen LogP contribution in [0.25, 0.3) is 0 Å². The zero-order chi connectivity index (χ0) is 14.0. The molecule has 0 saturated carbocycles. The lowest BCUT2D eigenvalue weighted by atomic mass is 9.92. The maximum atomic E-state index is 6.43. The van der Waals surface area contributed by atoms with Gasteiger partial charge in [-0.1, -0.05) is 50.6 Å². The largest absolute Gasteiger partial charge is 0.326 e. The molecule has 0 amide bonds. The number of hydrogen-bond donors (Lipinski definition) is 1. The maximum absolute atomic E-state index is 6.43. The van der Waals surface area contributed by atoms with Crippen LogP contribution in [0.5, 0.6) is 0 Å². The predicted molar refractivity (Wildman–Crippen MR) is 82.2 cm³/mol. The standard InChI is InChI=1S/C17H28N2/c1-5-15(18)16(14-8-6-7-13(2)11-14)19-10-9-17(3,4)12-19/h6-8,11,15-16H,5,9-10,12,18H2,1-4H3. The van der Waals surface area contributed by atoms with Crippen molar-refractivity contribution in [1.82, 2.24) is 4.90 Å². The van der Waals surface area contributed by atoms with Crippen molar-refractivity contribution in [3.8, 4) is 0 Å². The molecule has 2 atom stereocenters. The Kier molecular flexibility index (Phi) is 4.32. The highest BCUT2D eigenvalue weighted by molar-refractivity contribution is 5.26. The van der Waals surface area contributed by atoms with Crippen molar-refractivity contribution in [1.29, 1.82) is 0 Å². The van der Waals surface area contributed by atoms with Crippen molar-refractivity contribution in [2.45, 2.75) is 52.6 Å². The first kappa shape index (κ1) is 14.5. The molecule has 2 nitrogen and oxygen atoms in total. The normalized spacial score (nSPS) is 22.4. The number of nitrogens with two attached hydrogens (primary N) is 1. The summed E-state index contributed by atoms with van der Waals surface area (Å²) in [4.78, 5) is 2.59. The Morgan fingerprint density at radius 2 is 2.11 bits per heavy atom. The average molecular weight is 260 g/mol. The second-order valence-electron chi connectivity index (χ2n) is 6.82. The van der Waals surface area contributed by atoms with E-state index in [1.807, 2.05) is 0 Å². The van der Waals surface area contributed by atoms with E-state index >= 15 is 0 Å². The van der Waals surface area contributed by atoms with Gasteiger partial charge in [-0.3, -0.25) is 4.90 Å². The van der Waals surface area contributed by atoms with Gasteiger partial charge in [-0.15, -0.1) is 0 Å². The Morgan fingerprint density at radius 1 is 1.37 bits per heavy atom. The monoisotopic (exact) mass is 260 g/mol. The van der Waals surface area contributed by atoms with E-state index in [0.29, 0.717) is 11.5 Å².